The zero-order valence-electron chi connectivity index (χ0n) is 19.8. The molecule has 7 nitrogen and oxygen atoms in total. The van der Waals surface area contributed by atoms with Crippen LogP contribution < -0.4 is 24.4 Å². The van der Waals surface area contributed by atoms with E-state index in [9.17, 15) is 14.0 Å². The van der Waals surface area contributed by atoms with Crippen molar-refractivity contribution in [2.24, 2.45) is 5.92 Å². The maximum Gasteiger partial charge on any atom is 0.230 e. The van der Waals surface area contributed by atoms with Crippen LogP contribution in [0.5, 0.6) is 17.2 Å². The topological polar surface area (TPSA) is 77.1 Å². The first-order valence-corrected chi connectivity index (χ1v) is 11.2. The molecule has 3 aromatic rings. The maximum atomic E-state index is 13.7. The molecule has 0 aromatic heterocycles. The van der Waals surface area contributed by atoms with Crippen molar-refractivity contribution in [2.45, 2.75) is 18.9 Å². The Morgan fingerprint density at radius 1 is 0.914 bits per heavy atom. The number of amides is 2. The van der Waals surface area contributed by atoms with Crippen molar-refractivity contribution >= 4 is 23.2 Å². The summed E-state index contributed by atoms with van der Waals surface area (Å²) in [7, 11) is 4.62. The van der Waals surface area contributed by atoms with Gasteiger partial charge >= 0.3 is 0 Å². The van der Waals surface area contributed by atoms with Crippen LogP contribution in [0.25, 0.3) is 0 Å². The van der Waals surface area contributed by atoms with Crippen LogP contribution >= 0.6 is 0 Å². The molecule has 35 heavy (non-hydrogen) atoms. The van der Waals surface area contributed by atoms with E-state index in [0.717, 1.165) is 0 Å². The van der Waals surface area contributed by atoms with Gasteiger partial charge in [-0.2, -0.15) is 0 Å². The number of methoxy groups -OCH3 is 3. The number of anilines is 2. The molecule has 3 aromatic carbocycles. The Bertz CT molecular complexity index is 1200. The molecule has 1 aliphatic heterocycles. The summed E-state index contributed by atoms with van der Waals surface area (Å²) in [6.07, 6.45) is 0.530. The average Bonchev–Trinajstić information content (AvgIpc) is 2.89. The third kappa shape index (κ3) is 5.06. The SMILES string of the molecule is COc1ccc(N2C(=O)CC[C@H](C(=O)Nc3cc(OC)ccc3OC)[C@@H]2c2ccc(F)cc2)cc1. The second-order valence-electron chi connectivity index (χ2n) is 8.16. The third-order valence-corrected chi connectivity index (χ3v) is 6.16. The van der Waals surface area contributed by atoms with E-state index in [4.69, 9.17) is 14.2 Å². The highest BCUT2D eigenvalue weighted by Crippen LogP contribution is 2.41. The van der Waals surface area contributed by atoms with Gasteiger partial charge in [-0.15, -0.1) is 0 Å². The van der Waals surface area contributed by atoms with Crippen LogP contribution in [0, 0.1) is 11.7 Å². The lowest BCUT2D eigenvalue weighted by Gasteiger charge is -2.41. The van der Waals surface area contributed by atoms with E-state index in [2.05, 4.69) is 5.32 Å². The lowest BCUT2D eigenvalue weighted by atomic mass is 9.83. The minimum absolute atomic E-state index is 0.118. The van der Waals surface area contributed by atoms with Crippen LogP contribution in [0.3, 0.4) is 0 Å². The quantitative estimate of drug-likeness (QED) is 0.519. The predicted octanol–water partition coefficient (Wildman–Crippen LogP) is 4.97. The Balaban J connectivity index is 1.73. The number of nitrogens with one attached hydrogen (secondary N) is 1. The maximum absolute atomic E-state index is 13.7. The van der Waals surface area contributed by atoms with E-state index in [1.165, 1.54) is 26.4 Å². The first-order chi connectivity index (χ1) is 16.9. The molecule has 0 bridgehead atoms. The lowest BCUT2D eigenvalue weighted by molar-refractivity contribution is -0.125. The van der Waals surface area contributed by atoms with Crippen molar-refractivity contribution < 1.29 is 28.2 Å². The molecule has 182 valence electrons. The smallest absolute Gasteiger partial charge is 0.230 e. The van der Waals surface area contributed by atoms with Gasteiger partial charge in [0.1, 0.15) is 23.1 Å². The molecule has 1 heterocycles. The average molecular weight is 479 g/mol. The van der Waals surface area contributed by atoms with E-state index in [-0.39, 0.29) is 18.2 Å². The Morgan fingerprint density at radius 3 is 2.20 bits per heavy atom. The Hall–Kier alpha value is -4.07. The van der Waals surface area contributed by atoms with Gasteiger partial charge in [-0.25, -0.2) is 4.39 Å². The van der Waals surface area contributed by atoms with Crippen LogP contribution in [-0.2, 0) is 9.59 Å². The van der Waals surface area contributed by atoms with E-state index >= 15 is 0 Å². The van der Waals surface area contributed by atoms with Gasteiger partial charge in [0.15, 0.2) is 0 Å². The molecule has 1 aliphatic rings. The minimum Gasteiger partial charge on any atom is -0.497 e. The van der Waals surface area contributed by atoms with Crippen molar-refractivity contribution in [2.75, 3.05) is 31.5 Å². The van der Waals surface area contributed by atoms with Gasteiger partial charge in [0.25, 0.3) is 0 Å². The number of nitrogens with zero attached hydrogens (tertiary/aromatic N) is 1. The molecule has 0 aliphatic carbocycles. The van der Waals surface area contributed by atoms with Crippen molar-refractivity contribution in [1.29, 1.82) is 0 Å². The van der Waals surface area contributed by atoms with Gasteiger partial charge in [-0.1, -0.05) is 12.1 Å². The van der Waals surface area contributed by atoms with Gasteiger partial charge in [0.2, 0.25) is 11.8 Å². The fourth-order valence-electron chi connectivity index (χ4n) is 4.39. The fraction of sp³-hybridized carbons (Fsp3) is 0.259. The molecule has 1 N–H and O–H groups in total. The molecule has 0 radical (unpaired) electrons. The van der Waals surface area contributed by atoms with Crippen LogP contribution in [0.4, 0.5) is 15.8 Å². The molecule has 2 amide bonds. The molecule has 2 atom stereocenters. The molecule has 0 unspecified atom stereocenters. The third-order valence-electron chi connectivity index (χ3n) is 6.16. The summed E-state index contributed by atoms with van der Waals surface area (Å²) >= 11 is 0. The monoisotopic (exact) mass is 478 g/mol. The number of piperidine rings is 1. The van der Waals surface area contributed by atoms with Crippen molar-refractivity contribution in [3.8, 4) is 17.2 Å². The van der Waals surface area contributed by atoms with Crippen molar-refractivity contribution in [3.05, 3.63) is 78.1 Å². The number of benzene rings is 3. The molecular weight excluding hydrogens is 451 g/mol. The highest BCUT2D eigenvalue weighted by Gasteiger charge is 2.41. The molecule has 4 rings (SSSR count). The highest BCUT2D eigenvalue weighted by molar-refractivity contribution is 6.00. The second kappa shape index (κ2) is 10.5. The first kappa shape index (κ1) is 24.1. The summed E-state index contributed by atoms with van der Waals surface area (Å²) in [5.74, 6) is 0.303. The number of ether oxygens (including phenoxy) is 3. The Labute approximate surface area is 203 Å². The van der Waals surface area contributed by atoms with Crippen LogP contribution in [-0.4, -0.2) is 33.1 Å². The highest BCUT2D eigenvalue weighted by atomic mass is 19.1. The van der Waals surface area contributed by atoms with Crippen LogP contribution in [0.1, 0.15) is 24.4 Å². The fourth-order valence-corrected chi connectivity index (χ4v) is 4.39. The van der Waals surface area contributed by atoms with Gasteiger partial charge in [-0.05, 0) is 60.5 Å². The predicted molar refractivity (Wildman–Crippen MR) is 131 cm³/mol. The standard InChI is InChI=1S/C27H27FN2O5/c1-33-20-10-8-19(9-11-20)30-25(31)15-13-22(26(30)17-4-6-18(28)7-5-17)27(32)29-23-16-21(34-2)12-14-24(23)35-3/h4-12,14,16,22,26H,13,15H2,1-3H3,(H,29,32)/t22-,26-/m0/s1. The summed E-state index contributed by atoms with van der Waals surface area (Å²) < 4.78 is 29.7. The zero-order chi connectivity index (χ0) is 24.9. The Morgan fingerprint density at radius 2 is 1.57 bits per heavy atom. The summed E-state index contributed by atoms with van der Waals surface area (Å²) in [4.78, 5) is 28.4. The van der Waals surface area contributed by atoms with Crippen LogP contribution in [0.15, 0.2) is 66.7 Å². The lowest BCUT2D eigenvalue weighted by Crippen LogP contribution is -2.47. The molecule has 0 spiro atoms. The second-order valence-corrected chi connectivity index (χ2v) is 8.16. The first-order valence-electron chi connectivity index (χ1n) is 11.2. The van der Waals surface area contributed by atoms with Crippen LogP contribution in [0.2, 0.25) is 0 Å². The molecule has 0 saturated carbocycles. The number of rotatable bonds is 7. The van der Waals surface area contributed by atoms with Gasteiger partial charge in [0, 0.05) is 18.2 Å². The molecular formula is C27H27FN2O5. The summed E-state index contributed by atoms with van der Waals surface area (Å²) in [6, 6.07) is 17.5. The zero-order valence-corrected chi connectivity index (χ0v) is 19.8. The summed E-state index contributed by atoms with van der Waals surface area (Å²) in [5.41, 5.74) is 1.75. The van der Waals surface area contributed by atoms with Crippen molar-refractivity contribution in [1.82, 2.24) is 0 Å². The van der Waals surface area contributed by atoms with Crippen molar-refractivity contribution in [3.63, 3.8) is 0 Å². The summed E-state index contributed by atoms with van der Waals surface area (Å²) in [5, 5.41) is 2.95. The van der Waals surface area contributed by atoms with Gasteiger partial charge in [0.05, 0.1) is 39.0 Å². The van der Waals surface area contributed by atoms with E-state index in [1.807, 2.05) is 0 Å². The molecule has 1 fully saturated rings. The van der Waals surface area contributed by atoms with E-state index < -0.39 is 17.8 Å². The number of hydrogen-bond donors (Lipinski definition) is 1. The number of carbonyl (C=O) groups is 2. The number of carbonyl (C=O) groups excluding carboxylic acids is 2. The van der Waals surface area contributed by atoms with Gasteiger partial charge < -0.3 is 24.4 Å². The molecule has 8 heteroatoms. The van der Waals surface area contributed by atoms with Gasteiger partial charge in [-0.3, -0.25) is 9.59 Å². The molecule has 1 saturated heterocycles. The van der Waals surface area contributed by atoms with E-state index in [0.29, 0.717) is 40.6 Å². The Kier molecular flexibility index (Phi) is 7.19. The summed E-state index contributed by atoms with van der Waals surface area (Å²) in [6.45, 7) is 0. The minimum atomic E-state index is -0.637. The number of halogens is 1. The normalized spacial score (nSPS) is 17.6. The largest absolute Gasteiger partial charge is 0.497 e. The van der Waals surface area contributed by atoms with E-state index in [1.54, 1.807) is 66.6 Å². The number of hydrogen-bond acceptors (Lipinski definition) is 5.